The highest BCUT2D eigenvalue weighted by Crippen LogP contribution is 2.26. The first-order valence-corrected chi connectivity index (χ1v) is 8.18. The maximum Gasteiger partial charge on any atom is 0.0605 e. The van der Waals surface area contributed by atoms with E-state index in [1.807, 2.05) is 7.11 Å². The van der Waals surface area contributed by atoms with Crippen LogP contribution in [0.25, 0.3) is 0 Å². The van der Waals surface area contributed by atoms with Crippen molar-refractivity contribution in [2.24, 2.45) is 5.92 Å². The van der Waals surface area contributed by atoms with Crippen molar-refractivity contribution < 1.29 is 4.74 Å². The lowest BCUT2D eigenvalue weighted by Gasteiger charge is -2.34. The van der Waals surface area contributed by atoms with Gasteiger partial charge < -0.3 is 15.0 Å². The number of aryl methyl sites for hydroxylation is 1. The molecule has 1 saturated heterocycles. The number of anilines is 1. The monoisotopic (exact) mass is 290 g/mol. The van der Waals surface area contributed by atoms with Gasteiger partial charge in [0.25, 0.3) is 0 Å². The lowest BCUT2D eigenvalue weighted by atomic mass is 10.0. The number of ether oxygens (including phenoxy) is 1. The Labute approximate surface area is 129 Å². The molecule has 3 heteroatoms. The lowest BCUT2D eigenvalue weighted by molar-refractivity contribution is 0.0819. The third kappa shape index (κ3) is 4.72. The summed E-state index contributed by atoms with van der Waals surface area (Å²) in [6.45, 7) is 10.9. The second-order valence-electron chi connectivity index (χ2n) is 6.58. The zero-order valence-corrected chi connectivity index (χ0v) is 14.0. The van der Waals surface area contributed by atoms with E-state index >= 15 is 0 Å². The molecule has 0 bridgehead atoms. The lowest BCUT2D eigenvalue weighted by Crippen LogP contribution is -2.37. The molecule has 0 saturated carbocycles. The summed E-state index contributed by atoms with van der Waals surface area (Å²) >= 11 is 0. The number of hydrogen-bond donors (Lipinski definition) is 1. The Morgan fingerprint density at radius 1 is 1.29 bits per heavy atom. The standard InChI is InChI=1S/C18H30N2O/c1-14(2)12-19-13-16-11-15(3)5-6-18(16)20-9-7-17(21-4)8-10-20/h5-6,11,14,17,19H,7-10,12-13H2,1-4H3. The average Bonchev–Trinajstić information content (AvgIpc) is 2.47. The Morgan fingerprint density at radius 2 is 2.00 bits per heavy atom. The van der Waals surface area contributed by atoms with Crippen LogP contribution in [-0.4, -0.2) is 32.8 Å². The van der Waals surface area contributed by atoms with Crippen LogP contribution < -0.4 is 10.2 Å². The van der Waals surface area contributed by atoms with Gasteiger partial charge in [0.1, 0.15) is 0 Å². The number of hydrogen-bond acceptors (Lipinski definition) is 3. The third-order valence-corrected chi connectivity index (χ3v) is 4.22. The SMILES string of the molecule is COC1CCN(c2ccc(C)cc2CNCC(C)C)CC1. The fraction of sp³-hybridized carbons (Fsp3) is 0.667. The van der Waals surface area contributed by atoms with E-state index in [0.717, 1.165) is 39.0 Å². The molecule has 3 nitrogen and oxygen atoms in total. The van der Waals surface area contributed by atoms with Gasteiger partial charge in [0.05, 0.1) is 6.10 Å². The van der Waals surface area contributed by atoms with Crippen molar-refractivity contribution in [1.82, 2.24) is 5.32 Å². The maximum absolute atomic E-state index is 5.48. The topological polar surface area (TPSA) is 24.5 Å². The van der Waals surface area contributed by atoms with E-state index in [-0.39, 0.29) is 0 Å². The minimum atomic E-state index is 0.439. The van der Waals surface area contributed by atoms with E-state index in [9.17, 15) is 0 Å². The summed E-state index contributed by atoms with van der Waals surface area (Å²) in [6.07, 6.45) is 2.70. The highest BCUT2D eigenvalue weighted by molar-refractivity contribution is 5.55. The van der Waals surface area contributed by atoms with E-state index in [2.05, 4.69) is 49.2 Å². The minimum Gasteiger partial charge on any atom is -0.381 e. The molecule has 1 N–H and O–H groups in total. The molecule has 1 fully saturated rings. The average molecular weight is 290 g/mol. The van der Waals surface area contributed by atoms with Crippen LogP contribution in [0.5, 0.6) is 0 Å². The Hall–Kier alpha value is -1.06. The molecule has 0 aliphatic carbocycles. The molecule has 0 radical (unpaired) electrons. The third-order valence-electron chi connectivity index (χ3n) is 4.22. The number of benzene rings is 1. The summed E-state index contributed by atoms with van der Waals surface area (Å²) in [6, 6.07) is 6.84. The van der Waals surface area contributed by atoms with Gasteiger partial charge in [0.2, 0.25) is 0 Å². The van der Waals surface area contributed by atoms with E-state index in [1.165, 1.54) is 16.8 Å². The zero-order valence-electron chi connectivity index (χ0n) is 14.0. The van der Waals surface area contributed by atoms with E-state index < -0.39 is 0 Å². The van der Waals surface area contributed by atoms with Crippen LogP contribution in [0.15, 0.2) is 18.2 Å². The van der Waals surface area contributed by atoms with E-state index in [4.69, 9.17) is 4.74 Å². The van der Waals surface area contributed by atoms with Crippen molar-refractivity contribution >= 4 is 5.69 Å². The van der Waals surface area contributed by atoms with Crippen LogP contribution in [0.1, 0.15) is 37.8 Å². The van der Waals surface area contributed by atoms with Gasteiger partial charge in [-0.15, -0.1) is 0 Å². The van der Waals surface area contributed by atoms with Crippen LogP contribution in [-0.2, 0) is 11.3 Å². The minimum absolute atomic E-state index is 0.439. The van der Waals surface area contributed by atoms with Gasteiger partial charge >= 0.3 is 0 Å². The molecule has 1 heterocycles. The number of nitrogens with zero attached hydrogens (tertiary/aromatic N) is 1. The Morgan fingerprint density at radius 3 is 2.62 bits per heavy atom. The molecule has 1 aliphatic rings. The largest absolute Gasteiger partial charge is 0.381 e. The fourth-order valence-electron chi connectivity index (χ4n) is 2.99. The molecular weight excluding hydrogens is 260 g/mol. The molecule has 0 aromatic heterocycles. The van der Waals surface area contributed by atoms with Crippen LogP contribution in [0, 0.1) is 12.8 Å². The zero-order chi connectivity index (χ0) is 15.2. The van der Waals surface area contributed by atoms with Crippen molar-refractivity contribution in [2.75, 3.05) is 31.6 Å². The molecule has 0 spiro atoms. The molecule has 118 valence electrons. The van der Waals surface area contributed by atoms with Crippen molar-refractivity contribution in [3.8, 4) is 0 Å². The van der Waals surface area contributed by atoms with E-state index in [0.29, 0.717) is 12.0 Å². The van der Waals surface area contributed by atoms with Crippen molar-refractivity contribution in [3.05, 3.63) is 29.3 Å². The van der Waals surface area contributed by atoms with E-state index in [1.54, 1.807) is 0 Å². The Bertz CT molecular complexity index is 437. The summed E-state index contributed by atoms with van der Waals surface area (Å²) < 4.78 is 5.48. The van der Waals surface area contributed by atoms with Gasteiger partial charge in [-0.25, -0.2) is 0 Å². The number of nitrogens with one attached hydrogen (secondary N) is 1. The molecule has 0 unspecified atom stereocenters. The van der Waals surface area contributed by atoms with Gasteiger partial charge in [0.15, 0.2) is 0 Å². The highest BCUT2D eigenvalue weighted by atomic mass is 16.5. The first-order valence-electron chi connectivity index (χ1n) is 8.18. The van der Waals surface area contributed by atoms with Crippen LogP contribution >= 0.6 is 0 Å². The van der Waals surface area contributed by atoms with Crippen molar-refractivity contribution in [3.63, 3.8) is 0 Å². The molecule has 21 heavy (non-hydrogen) atoms. The Balaban J connectivity index is 2.04. The van der Waals surface area contributed by atoms with Crippen LogP contribution in [0.4, 0.5) is 5.69 Å². The molecule has 1 aromatic rings. The molecule has 1 aromatic carbocycles. The summed E-state index contributed by atoms with van der Waals surface area (Å²) in [5.74, 6) is 0.690. The maximum atomic E-state index is 5.48. The van der Waals surface area contributed by atoms with Crippen LogP contribution in [0.3, 0.4) is 0 Å². The summed E-state index contributed by atoms with van der Waals surface area (Å²) in [4.78, 5) is 2.52. The van der Waals surface area contributed by atoms with Gasteiger partial charge in [-0.05, 0) is 43.9 Å². The van der Waals surface area contributed by atoms with Gasteiger partial charge in [-0.2, -0.15) is 0 Å². The normalized spacial score (nSPS) is 16.7. The number of methoxy groups -OCH3 is 1. The van der Waals surface area contributed by atoms with Crippen molar-refractivity contribution in [1.29, 1.82) is 0 Å². The molecular formula is C18H30N2O. The first-order chi connectivity index (χ1) is 10.1. The molecule has 0 atom stereocenters. The summed E-state index contributed by atoms with van der Waals surface area (Å²) in [7, 11) is 1.83. The Kier molecular flexibility index (Phi) is 6.07. The van der Waals surface area contributed by atoms with Gasteiger partial charge in [0, 0.05) is 32.4 Å². The fourth-order valence-corrected chi connectivity index (χ4v) is 2.99. The molecule has 0 amide bonds. The number of piperidine rings is 1. The summed E-state index contributed by atoms with van der Waals surface area (Å²) in [5.41, 5.74) is 4.16. The van der Waals surface area contributed by atoms with Crippen LogP contribution in [0.2, 0.25) is 0 Å². The summed E-state index contributed by atoms with van der Waals surface area (Å²) in [5, 5.41) is 3.58. The highest BCUT2D eigenvalue weighted by Gasteiger charge is 2.20. The smallest absolute Gasteiger partial charge is 0.0605 e. The number of rotatable bonds is 6. The second kappa shape index (κ2) is 7.81. The first kappa shape index (κ1) is 16.3. The van der Waals surface area contributed by atoms with Crippen molar-refractivity contribution in [2.45, 2.75) is 46.3 Å². The molecule has 2 rings (SSSR count). The quantitative estimate of drug-likeness (QED) is 0.869. The predicted molar refractivity (Wildman–Crippen MR) is 90.0 cm³/mol. The second-order valence-corrected chi connectivity index (χ2v) is 6.58. The molecule has 1 aliphatic heterocycles. The van der Waals surface area contributed by atoms with Gasteiger partial charge in [-0.1, -0.05) is 31.5 Å². The van der Waals surface area contributed by atoms with Gasteiger partial charge in [-0.3, -0.25) is 0 Å². The predicted octanol–water partition coefficient (Wildman–Crippen LogP) is 3.36.